The third kappa shape index (κ3) is 2.18. The number of aliphatic hydroxyl groups is 2. The van der Waals surface area contributed by atoms with Gasteiger partial charge in [0.2, 0.25) is 5.95 Å². The van der Waals surface area contributed by atoms with E-state index >= 15 is 0 Å². The van der Waals surface area contributed by atoms with Crippen LogP contribution in [-0.4, -0.2) is 53.6 Å². The number of hydrogen-bond donors (Lipinski definition) is 5. The highest BCUT2D eigenvalue weighted by Crippen LogP contribution is 2.35. The van der Waals surface area contributed by atoms with Gasteiger partial charge in [0.15, 0.2) is 17.7 Å². The zero-order chi connectivity index (χ0) is 15.1. The van der Waals surface area contributed by atoms with Crippen LogP contribution in [0.2, 0.25) is 0 Å². The molecule has 0 aliphatic carbocycles. The third-order valence-electron chi connectivity index (χ3n) is 3.28. The van der Waals surface area contributed by atoms with Crippen molar-refractivity contribution in [3.8, 4) is 0 Å². The van der Waals surface area contributed by atoms with Gasteiger partial charge in [-0.25, -0.2) is 10.8 Å². The summed E-state index contributed by atoms with van der Waals surface area (Å²) in [4.78, 5) is 12.2. The van der Waals surface area contributed by atoms with Crippen LogP contribution >= 0.6 is 11.8 Å². The Morgan fingerprint density at radius 1 is 1.38 bits per heavy atom. The molecule has 21 heavy (non-hydrogen) atoms. The van der Waals surface area contributed by atoms with E-state index in [2.05, 4.69) is 20.4 Å². The lowest BCUT2D eigenvalue weighted by atomic mass is 10.2. The average molecular weight is 313 g/mol. The van der Waals surface area contributed by atoms with E-state index in [1.54, 1.807) is 6.26 Å². The number of anilines is 2. The van der Waals surface area contributed by atoms with Crippen molar-refractivity contribution in [1.29, 1.82) is 0 Å². The van der Waals surface area contributed by atoms with Crippen molar-refractivity contribution in [3.63, 3.8) is 0 Å². The fraction of sp³-hybridized carbons (Fsp3) is 0.500. The molecule has 7 N–H and O–H groups in total. The number of aliphatic hydroxyl groups excluding tert-OH is 2. The molecule has 11 heteroatoms. The van der Waals surface area contributed by atoms with Crippen LogP contribution < -0.4 is 17.0 Å². The maximum Gasteiger partial charge on any atom is 0.241 e. The van der Waals surface area contributed by atoms with Crippen molar-refractivity contribution < 1.29 is 14.9 Å². The number of nitrogens with zero attached hydrogens (tertiary/aromatic N) is 4. The Bertz CT molecular complexity index is 665. The van der Waals surface area contributed by atoms with Gasteiger partial charge in [-0.3, -0.25) is 9.99 Å². The van der Waals surface area contributed by atoms with Crippen LogP contribution in [0.4, 0.5) is 11.8 Å². The molecule has 1 aliphatic rings. The highest BCUT2D eigenvalue weighted by Gasteiger charge is 2.44. The standard InChI is InChI=1S/C10H15N7O3S/c1-21-9-5(19)4(18)8(20-9)17-2-13-3-6(11)14-10(16-12)15-7(3)17/h2,4-5,8-9,18-19H,12H2,1H3,(H3,11,14,15,16)/t4-,5+,8-,9-/m1/s1. The Kier molecular flexibility index (Phi) is 3.59. The van der Waals surface area contributed by atoms with Crippen molar-refractivity contribution >= 4 is 34.7 Å². The van der Waals surface area contributed by atoms with Gasteiger partial charge in [0.05, 0.1) is 6.33 Å². The van der Waals surface area contributed by atoms with Gasteiger partial charge in [-0.2, -0.15) is 9.97 Å². The lowest BCUT2D eigenvalue weighted by Gasteiger charge is -2.16. The third-order valence-corrected chi connectivity index (χ3v) is 4.13. The molecule has 0 unspecified atom stereocenters. The normalized spacial score (nSPS) is 29.1. The molecular formula is C10H15N7O3S. The first-order valence-electron chi connectivity index (χ1n) is 6.08. The number of ether oxygens (including phenoxy) is 1. The van der Waals surface area contributed by atoms with E-state index in [1.165, 1.54) is 22.7 Å². The molecule has 4 atom stereocenters. The number of hydrazine groups is 1. The predicted molar refractivity (Wildman–Crippen MR) is 77.0 cm³/mol. The molecule has 114 valence electrons. The quantitative estimate of drug-likeness (QED) is 0.338. The number of imidazole rings is 1. The van der Waals surface area contributed by atoms with Gasteiger partial charge >= 0.3 is 0 Å². The summed E-state index contributed by atoms with van der Waals surface area (Å²) in [5.41, 5.74) is 8.28. The molecule has 1 fully saturated rings. The Hall–Kier alpha value is -1.66. The Labute approximate surface area is 123 Å². The molecule has 0 spiro atoms. The molecule has 3 rings (SSSR count). The van der Waals surface area contributed by atoms with E-state index < -0.39 is 23.9 Å². The number of hydrogen-bond acceptors (Lipinski definition) is 10. The first-order valence-corrected chi connectivity index (χ1v) is 7.36. The van der Waals surface area contributed by atoms with Crippen LogP contribution in [0.25, 0.3) is 11.2 Å². The maximum atomic E-state index is 10.1. The Morgan fingerprint density at radius 3 is 2.76 bits per heavy atom. The molecule has 1 aliphatic heterocycles. The van der Waals surface area contributed by atoms with Crippen molar-refractivity contribution in [2.24, 2.45) is 5.84 Å². The summed E-state index contributed by atoms with van der Waals surface area (Å²) in [6, 6.07) is 0. The number of thioether (sulfide) groups is 1. The number of nitrogen functional groups attached to an aromatic ring is 2. The van der Waals surface area contributed by atoms with Gasteiger partial charge in [0, 0.05) is 0 Å². The van der Waals surface area contributed by atoms with Gasteiger partial charge in [0.25, 0.3) is 0 Å². The number of aromatic nitrogens is 4. The fourth-order valence-electron chi connectivity index (χ4n) is 2.24. The zero-order valence-corrected chi connectivity index (χ0v) is 11.9. The second kappa shape index (κ2) is 5.27. The van der Waals surface area contributed by atoms with E-state index in [0.29, 0.717) is 11.2 Å². The van der Waals surface area contributed by atoms with Crippen molar-refractivity contribution in [2.75, 3.05) is 17.4 Å². The molecule has 3 heterocycles. The summed E-state index contributed by atoms with van der Waals surface area (Å²) in [6.45, 7) is 0. The van der Waals surface area contributed by atoms with Gasteiger partial charge < -0.3 is 20.7 Å². The number of rotatable bonds is 3. The smallest absolute Gasteiger partial charge is 0.241 e. The minimum absolute atomic E-state index is 0.121. The van der Waals surface area contributed by atoms with E-state index in [4.69, 9.17) is 16.3 Å². The first-order chi connectivity index (χ1) is 10.1. The molecule has 2 aromatic rings. The van der Waals surface area contributed by atoms with Crippen LogP contribution in [0, 0.1) is 0 Å². The number of nitrogens with two attached hydrogens (primary N) is 2. The minimum atomic E-state index is -1.11. The molecule has 0 bridgehead atoms. The Balaban J connectivity index is 2.07. The SMILES string of the molecule is CS[C@H]1O[C@@H](n2cnc3c(N)nc(NN)nc32)[C@H](O)[C@@H]1O. The topological polar surface area (TPSA) is 157 Å². The molecule has 0 radical (unpaired) electrons. The molecule has 0 amide bonds. The summed E-state index contributed by atoms with van der Waals surface area (Å²) in [5, 5.41) is 20.1. The first kappa shape index (κ1) is 14.3. The van der Waals surface area contributed by atoms with Crippen LogP contribution in [0.1, 0.15) is 6.23 Å². The fourth-order valence-corrected chi connectivity index (χ4v) is 2.91. The molecule has 0 aromatic carbocycles. The maximum absolute atomic E-state index is 10.1. The summed E-state index contributed by atoms with van der Waals surface area (Å²) < 4.78 is 7.13. The highest BCUT2D eigenvalue weighted by atomic mass is 32.2. The lowest BCUT2D eigenvalue weighted by molar-refractivity contribution is -0.0192. The molecule has 1 saturated heterocycles. The van der Waals surface area contributed by atoms with Crippen LogP contribution in [0.5, 0.6) is 0 Å². The number of fused-ring (bicyclic) bond motifs is 1. The summed E-state index contributed by atoms with van der Waals surface area (Å²) >= 11 is 1.31. The predicted octanol–water partition coefficient (Wildman–Crippen LogP) is -1.37. The van der Waals surface area contributed by atoms with Gasteiger partial charge in [-0.05, 0) is 6.26 Å². The molecule has 0 saturated carbocycles. The Morgan fingerprint density at radius 2 is 2.14 bits per heavy atom. The summed E-state index contributed by atoms with van der Waals surface area (Å²) in [7, 11) is 0. The second-order valence-corrected chi connectivity index (χ2v) is 5.45. The lowest BCUT2D eigenvalue weighted by Crippen LogP contribution is -2.30. The minimum Gasteiger partial charge on any atom is -0.387 e. The summed E-state index contributed by atoms with van der Waals surface area (Å²) in [5.74, 6) is 5.57. The van der Waals surface area contributed by atoms with Crippen molar-refractivity contribution in [1.82, 2.24) is 19.5 Å². The molecular weight excluding hydrogens is 298 g/mol. The van der Waals surface area contributed by atoms with Crippen molar-refractivity contribution in [2.45, 2.75) is 23.9 Å². The van der Waals surface area contributed by atoms with E-state index in [0.717, 1.165) is 0 Å². The van der Waals surface area contributed by atoms with Crippen LogP contribution in [0.15, 0.2) is 6.33 Å². The number of nitrogens with one attached hydrogen (secondary N) is 1. The van der Waals surface area contributed by atoms with Crippen molar-refractivity contribution in [3.05, 3.63) is 6.33 Å². The highest BCUT2D eigenvalue weighted by molar-refractivity contribution is 7.99. The molecule has 10 nitrogen and oxygen atoms in total. The van der Waals surface area contributed by atoms with Gasteiger partial charge in [0.1, 0.15) is 23.2 Å². The largest absolute Gasteiger partial charge is 0.387 e. The monoisotopic (exact) mass is 313 g/mol. The van der Waals surface area contributed by atoms with E-state index in [-0.39, 0.29) is 11.8 Å². The zero-order valence-electron chi connectivity index (χ0n) is 11.0. The van der Waals surface area contributed by atoms with Gasteiger partial charge in [-0.15, -0.1) is 11.8 Å². The van der Waals surface area contributed by atoms with Crippen LogP contribution in [0.3, 0.4) is 0 Å². The van der Waals surface area contributed by atoms with E-state index in [1.807, 2.05) is 0 Å². The van der Waals surface area contributed by atoms with E-state index in [9.17, 15) is 10.2 Å². The van der Waals surface area contributed by atoms with Crippen LogP contribution in [-0.2, 0) is 4.74 Å². The average Bonchev–Trinajstić information content (AvgIpc) is 3.02. The second-order valence-electron chi connectivity index (χ2n) is 4.51. The summed E-state index contributed by atoms with van der Waals surface area (Å²) in [6.07, 6.45) is 0.284. The van der Waals surface area contributed by atoms with Gasteiger partial charge in [-0.1, -0.05) is 0 Å². The molecule has 2 aromatic heterocycles.